The molecule has 0 radical (unpaired) electrons. The van der Waals surface area contributed by atoms with Crippen LogP contribution in [0.1, 0.15) is 53.7 Å². The van der Waals surface area contributed by atoms with Crippen LogP contribution in [-0.2, 0) is 6.42 Å². The van der Waals surface area contributed by atoms with E-state index in [1.807, 2.05) is 30.3 Å². The first-order valence-electron chi connectivity index (χ1n) is 8.44. The zero-order valence-electron chi connectivity index (χ0n) is 13.9. The molecule has 0 spiro atoms. The van der Waals surface area contributed by atoms with E-state index in [2.05, 4.69) is 10.3 Å². The van der Waals surface area contributed by atoms with Crippen molar-refractivity contribution in [1.82, 2.24) is 10.3 Å². The second-order valence-corrected chi connectivity index (χ2v) is 5.83. The molecular weight excluding hydrogens is 304 g/mol. The zero-order valence-corrected chi connectivity index (χ0v) is 13.9. The van der Waals surface area contributed by atoms with Gasteiger partial charge in [-0.15, -0.1) is 0 Å². The summed E-state index contributed by atoms with van der Waals surface area (Å²) in [5, 5.41) is 2.84. The first kappa shape index (κ1) is 18.2. The molecule has 1 aromatic heterocycles. The van der Waals surface area contributed by atoms with Crippen molar-refractivity contribution in [2.45, 2.75) is 38.1 Å². The maximum absolute atomic E-state index is 12.0. The van der Waals surface area contributed by atoms with Crippen LogP contribution < -0.4 is 16.8 Å². The summed E-state index contributed by atoms with van der Waals surface area (Å²) in [5.74, 6) is 0.155. The van der Waals surface area contributed by atoms with E-state index in [0.717, 1.165) is 37.8 Å². The number of nitrogens with one attached hydrogen (secondary N) is 1. The fourth-order valence-corrected chi connectivity index (χ4v) is 2.43. The molecule has 1 atom stereocenters. The van der Waals surface area contributed by atoms with Crippen LogP contribution in [0.25, 0.3) is 0 Å². The third-order valence-corrected chi connectivity index (χ3v) is 3.79. The van der Waals surface area contributed by atoms with Crippen molar-refractivity contribution in [1.29, 1.82) is 0 Å². The Balaban J connectivity index is 1.78. The first-order valence-corrected chi connectivity index (χ1v) is 8.44. The molecule has 1 amide bonds. The third-order valence-electron chi connectivity index (χ3n) is 3.79. The SMILES string of the molecule is NCCCCCCNC(=O)c1coc(C(N)Cc2ccccc2)n1. The van der Waals surface area contributed by atoms with Crippen LogP contribution in [-0.4, -0.2) is 24.0 Å². The number of rotatable bonds is 10. The van der Waals surface area contributed by atoms with Crippen molar-refractivity contribution in [3.63, 3.8) is 0 Å². The maximum atomic E-state index is 12.0. The lowest BCUT2D eigenvalue weighted by atomic mass is 10.1. The molecule has 24 heavy (non-hydrogen) atoms. The van der Waals surface area contributed by atoms with Gasteiger partial charge in [0.2, 0.25) is 5.89 Å². The van der Waals surface area contributed by atoms with Crippen LogP contribution in [0.4, 0.5) is 0 Å². The van der Waals surface area contributed by atoms with Gasteiger partial charge in [-0.1, -0.05) is 43.2 Å². The summed E-state index contributed by atoms with van der Waals surface area (Å²) < 4.78 is 5.37. The molecule has 130 valence electrons. The molecule has 0 saturated carbocycles. The molecule has 6 nitrogen and oxygen atoms in total. The molecule has 2 rings (SSSR count). The topological polar surface area (TPSA) is 107 Å². The number of carbonyl (C=O) groups excluding carboxylic acids is 1. The van der Waals surface area contributed by atoms with E-state index in [9.17, 15) is 4.79 Å². The Bertz CT molecular complexity index is 612. The summed E-state index contributed by atoms with van der Waals surface area (Å²) in [6, 6.07) is 9.51. The Morgan fingerprint density at radius 1 is 1.17 bits per heavy atom. The molecular formula is C18H26N4O2. The molecule has 5 N–H and O–H groups in total. The van der Waals surface area contributed by atoms with Gasteiger partial charge in [0, 0.05) is 6.54 Å². The van der Waals surface area contributed by atoms with Crippen LogP contribution in [0, 0.1) is 0 Å². The smallest absolute Gasteiger partial charge is 0.273 e. The summed E-state index contributed by atoms with van der Waals surface area (Å²) in [6.07, 6.45) is 6.09. The first-order chi connectivity index (χ1) is 11.7. The Morgan fingerprint density at radius 2 is 1.92 bits per heavy atom. The molecule has 0 aliphatic carbocycles. The van der Waals surface area contributed by atoms with E-state index in [1.165, 1.54) is 6.26 Å². The minimum absolute atomic E-state index is 0.226. The lowest BCUT2D eigenvalue weighted by Crippen LogP contribution is -2.25. The van der Waals surface area contributed by atoms with E-state index in [0.29, 0.717) is 18.9 Å². The fraction of sp³-hybridized carbons (Fsp3) is 0.444. The van der Waals surface area contributed by atoms with Gasteiger partial charge in [0.25, 0.3) is 5.91 Å². The highest BCUT2D eigenvalue weighted by molar-refractivity contribution is 5.91. The standard InChI is InChI=1S/C18H26N4O2/c19-10-6-1-2-7-11-21-17(23)16-13-24-18(22-16)15(20)12-14-8-4-3-5-9-14/h3-5,8-9,13,15H,1-2,6-7,10-12,19-20H2,(H,21,23). The lowest BCUT2D eigenvalue weighted by molar-refractivity contribution is 0.0948. The van der Waals surface area contributed by atoms with E-state index in [1.54, 1.807) is 0 Å². The average molecular weight is 330 g/mol. The van der Waals surface area contributed by atoms with E-state index in [4.69, 9.17) is 15.9 Å². The minimum Gasteiger partial charge on any atom is -0.446 e. The number of unbranched alkanes of at least 4 members (excludes halogenated alkanes) is 3. The van der Waals surface area contributed by atoms with Gasteiger partial charge >= 0.3 is 0 Å². The lowest BCUT2D eigenvalue weighted by Gasteiger charge is -2.07. The molecule has 1 heterocycles. The molecule has 6 heteroatoms. The van der Waals surface area contributed by atoms with Crippen molar-refractivity contribution >= 4 is 5.91 Å². The Hall–Kier alpha value is -2.18. The monoisotopic (exact) mass is 330 g/mol. The van der Waals surface area contributed by atoms with Crippen molar-refractivity contribution in [3.8, 4) is 0 Å². The molecule has 0 saturated heterocycles. The van der Waals surface area contributed by atoms with Gasteiger partial charge in [-0.25, -0.2) is 4.98 Å². The number of nitrogens with zero attached hydrogens (tertiary/aromatic N) is 1. The summed E-state index contributed by atoms with van der Waals surface area (Å²) in [6.45, 7) is 1.35. The van der Waals surface area contributed by atoms with Crippen molar-refractivity contribution in [3.05, 3.63) is 53.7 Å². The fourth-order valence-electron chi connectivity index (χ4n) is 2.43. The van der Waals surface area contributed by atoms with Crippen molar-refractivity contribution in [2.24, 2.45) is 11.5 Å². The van der Waals surface area contributed by atoms with Crippen LogP contribution in [0.2, 0.25) is 0 Å². The second kappa shape index (κ2) is 9.85. The molecule has 2 aromatic rings. The van der Waals surface area contributed by atoms with Gasteiger partial charge in [-0.3, -0.25) is 4.79 Å². The van der Waals surface area contributed by atoms with E-state index < -0.39 is 0 Å². The van der Waals surface area contributed by atoms with Gasteiger partial charge in [0.15, 0.2) is 5.69 Å². The summed E-state index contributed by atoms with van der Waals surface area (Å²) in [7, 11) is 0. The Kier molecular flexibility index (Phi) is 7.45. The number of nitrogens with two attached hydrogens (primary N) is 2. The third kappa shape index (κ3) is 5.79. The van der Waals surface area contributed by atoms with Crippen LogP contribution in [0.3, 0.4) is 0 Å². The zero-order chi connectivity index (χ0) is 17.2. The predicted octanol–water partition coefficient (Wildman–Crippen LogP) is 2.17. The molecule has 1 unspecified atom stereocenters. The van der Waals surface area contributed by atoms with Gasteiger partial charge in [-0.2, -0.15) is 0 Å². The molecule has 0 aliphatic heterocycles. The van der Waals surface area contributed by atoms with E-state index >= 15 is 0 Å². The van der Waals surface area contributed by atoms with E-state index in [-0.39, 0.29) is 17.6 Å². The average Bonchev–Trinajstić information content (AvgIpc) is 3.09. The van der Waals surface area contributed by atoms with Crippen LogP contribution >= 0.6 is 0 Å². The largest absolute Gasteiger partial charge is 0.446 e. The molecule has 0 fully saturated rings. The molecule has 0 aliphatic rings. The van der Waals surface area contributed by atoms with Crippen LogP contribution in [0.5, 0.6) is 0 Å². The van der Waals surface area contributed by atoms with Crippen molar-refractivity contribution in [2.75, 3.05) is 13.1 Å². The summed E-state index contributed by atoms with van der Waals surface area (Å²) >= 11 is 0. The summed E-state index contributed by atoms with van der Waals surface area (Å²) in [5.41, 5.74) is 12.9. The summed E-state index contributed by atoms with van der Waals surface area (Å²) in [4.78, 5) is 16.2. The van der Waals surface area contributed by atoms with Gasteiger partial charge < -0.3 is 21.2 Å². The maximum Gasteiger partial charge on any atom is 0.273 e. The molecule has 0 bridgehead atoms. The normalized spacial score (nSPS) is 12.1. The van der Waals surface area contributed by atoms with Gasteiger partial charge in [-0.05, 0) is 31.4 Å². The number of oxazole rings is 1. The second-order valence-electron chi connectivity index (χ2n) is 5.83. The highest BCUT2D eigenvalue weighted by atomic mass is 16.3. The van der Waals surface area contributed by atoms with Crippen molar-refractivity contribution < 1.29 is 9.21 Å². The highest BCUT2D eigenvalue weighted by Gasteiger charge is 2.17. The van der Waals surface area contributed by atoms with Gasteiger partial charge in [0.1, 0.15) is 6.26 Å². The highest BCUT2D eigenvalue weighted by Crippen LogP contribution is 2.15. The number of hydrogen-bond donors (Lipinski definition) is 3. The number of benzene rings is 1. The quantitative estimate of drug-likeness (QED) is 0.579. The number of hydrogen-bond acceptors (Lipinski definition) is 5. The Morgan fingerprint density at radius 3 is 2.67 bits per heavy atom. The predicted molar refractivity (Wildman–Crippen MR) is 93.4 cm³/mol. The van der Waals surface area contributed by atoms with Crippen LogP contribution in [0.15, 0.2) is 41.0 Å². The number of carbonyl (C=O) groups is 1. The van der Waals surface area contributed by atoms with Gasteiger partial charge in [0.05, 0.1) is 6.04 Å². The minimum atomic E-state index is -0.370. The number of aromatic nitrogens is 1. The molecule has 1 aromatic carbocycles. The Labute approximate surface area is 142 Å². The number of amides is 1.